The van der Waals surface area contributed by atoms with Crippen LogP contribution in [-0.4, -0.2) is 172 Å². The van der Waals surface area contributed by atoms with E-state index in [0.717, 1.165) is 78.7 Å². The molecular formula is C54H117N5O5. The second-order valence-electron chi connectivity index (χ2n) is 25.9. The number of nitrogens with zero attached hydrogens (tertiary/aromatic N) is 4. The van der Waals surface area contributed by atoms with Crippen LogP contribution in [0.25, 0.3) is 0 Å². The van der Waals surface area contributed by atoms with E-state index in [1.165, 1.54) is 51.7 Å². The van der Waals surface area contributed by atoms with E-state index in [1.54, 1.807) is 0 Å². The molecule has 0 saturated carbocycles. The molecule has 0 aromatic heterocycles. The molecule has 64 heavy (non-hydrogen) atoms. The van der Waals surface area contributed by atoms with Crippen LogP contribution in [0.4, 0.5) is 0 Å². The molecule has 0 spiro atoms. The topological polar surface area (TPSA) is 93.1 Å². The van der Waals surface area contributed by atoms with Crippen LogP contribution in [0.2, 0.25) is 0 Å². The highest BCUT2D eigenvalue weighted by Gasteiger charge is 2.31. The summed E-state index contributed by atoms with van der Waals surface area (Å²) >= 11 is 0. The fraction of sp³-hybridized carbons (Fsp3) is 1.00. The van der Waals surface area contributed by atoms with Crippen molar-refractivity contribution in [1.82, 2.24) is 24.9 Å². The predicted octanol–water partition coefficient (Wildman–Crippen LogP) is 10.3. The second kappa shape index (κ2) is 33.2. The Morgan fingerprint density at radius 1 is 0.594 bits per heavy atom. The van der Waals surface area contributed by atoms with Gasteiger partial charge in [0.25, 0.3) is 0 Å². The van der Waals surface area contributed by atoms with Gasteiger partial charge in [-0.05, 0) is 139 Å². The third-order valence-electron chi connectivity index (χ3n) is 11.8. The summed E-state index contributed by atoms with van der Waals surface area (Å²) in [6, 6.07) is 0.607. The quantitative estimate of drug-likeness (QED) is 0.130. The molecule has 0 amide bonds. The van der Waals surface area contributed by atoms with Crippen molar-refractivity contribution in [1.29, 1.82) is 0 Å². The first-order valence-electron chi connectivity index (χ1n) is 25.9. The van der Waals surface area contributed by atoms with E-state index in [4.69, 9.17) is 24.4 Å². The minimum absolute atomic E-state index is 0.171. The zero-order valence-corrected chi connectivity index (χ0v) is 47.1. The van der Waals surface area contributed by atoms with Gasteiger partial charge in [0, 0.05) is 50.8 Å². The largest absolute Gasteiger partial charge is 0.395 e. The Morgan fingerprint density at radius 2 is 1.06 bits per heavy atom. The number of ether oxygens (including phenoxy) is 3. The maximum Gasteiger partial charge on any atom is 0.0678 e. The van der Waals surface area contributed by atoms with Crippen LogP contribution in [0.3, 0.4) is 0 Å². The molecule has 3 aliphatic heterocycles. The summed E-state index contributed by atoms with van der Waals surface area (Å²) in [5.74, 6) is 0. The summed E-state index contributed by atoms with van der Waals surface area (Å²) in [6.07, 6.45) is 8.21. The summed E-state index contributed by atoms with van der Waals surface area (Å²) < 4.78 is 16.6. The summed E-state index contributed by atoms with van der Waals surface area (Å²) in [7, 11) is 0. The van der Waals surface area contributed by atoms with E-state index in [1.807, 2.05) is 0 Å². The lowest BCUT2D eigenvalue weighted by molar-refractivity contribution is -0.0697. The highest BCUT2D eigenvalue weighted by molar-refractivity contribution is 4.85. The Morgan fingerprint density at radius 3 is 1.50 bits per heavy atom. The van der Waals surface area contributed by atoms with Gasteiger partial charge in [-0.1, -0.05) is 111 Å². The standard InChI is InChI=1S/2C12H25NO.C11H23NO.C10H23NO2.C9H21N/c1-10-8-13(9-11(2)14-10)7-6-12(3,4)5;1-11(2,3)6-7-13-8-9-14-10-12(13,4)5;1-10-9-13-8-7-12(10)6-5-11(2,3)4;1-10(2,3)4-5-11(6-8-12)7-9-13;1-5-7-10-8-6-9(2,3)4/h10-11H,6-9H2,1-5H3;6-10H2,1-5H3;10H,5-9H2,1-4H3;12-13H,4-9H2,1-3H3;10H,5-8H2,1-4H3. The number of aliphatic hydroxyl groups excluding tert-OH is 2. The van der Waals surface area contributed by atoms with E-state index < -0.39 is 0 Å². The molecule has 0 aromatic carbocycles. The van der Waals surface area contributed by atoms with E-state index in [2.05, 4.69) is 170 Å². The highest BCUT2D eigenvalue weighted by atomic mass is 16.5. The van der Waals surface area contributed by atoms with Gasteiger partial charge in [0.1, 0.15) is 0 Å². The Kier molecular flexibility index (Phi) is 34.1. The molecule has 3 heterocycles. The summed E-state index contributed by atoms with van der Waals surface area (Å²) in [4.78, 5) is 9.71. The third-order valence-corrected chi connectivity index (χ3v) is 11.8. The lowest BCUT2D eigenvalue weighted by Crippen LogP contribution is -2.53. The van der Waals surface area contributed by atoms with Gasteiger partial charge < -0.3 is 29.7 Å². The van der Waals surface area contributed by atoms with Gasteiger partial charge >= 0.3 is 0 Å². The molecule has 0 bridgehead atoms. The van der Waals surface area contributed by atoms with Gasteiger partial charge in [-0.15, -0.1) is 0 Å². The Labute approximate surface area is 401 Å². The molecule has 3 rings (SSSR count). The summed E-state index contributed by atoms with van der Waals surface area (Å²) in [6.45, 7) is 64.0. The first-order chi connectivity index (χ1) is 29.2. The number of nitrogens with one attached hydrogen (secondary N) is 1. The van der Waals surface area contributed by atoms with Crippen LogP contribution in [0, 0.1) is 27.1 Å². The molecule has 10 heteroatoms. The Balaban J connectivity index is 0. The lowest BCUT2D eigenvalue weighted by Gasteiger charge is -2.43. The van der Waals surface area contributed by atoms with Crippen molar-refractivity contribution in [3.8, 4) is 0 Å². The molecule has 0 aromatic rings. The van der Waals surface area contributed by atoms with Crippen molar-refractivity contribution in [3.63, 3.8) is 0 Å². The third kappa shape index (κ3) is 41.8. The van der Waals surface area contributed by atoms with Crippen LogP contribution in [0.1, 0.15) is 184 Å². The van der Waals surface area contributed by atoms with Crippen LogP contribution in [-0.2, 0) is 14.2 Å². The van der Waals surface area contributed by atoms with Crippen molar-refractivity contribution in [2.75, 3.05) is 118 Å². The van der Waals surface area contributed by atoms with E-state index in [0.29, 0.717) is 58.4 Å². The van der Waals surface area contributed by atoms with Crippen LogP contribution >= 0.6 is 0 Å². The van der Waals surface area contributed by atoms with E-state index >= 15 is 0 Å². The molecule has 388 valence electrons. The average Bonchev–Trinajstić information content (AvgIpc) is 3.13. The van der Waals surface area contributed by atoms with Crippen molar-refractivity contribution in [2.24, 2.45) is 27.1 Å². The molecule has 0 radical (unpaired) electrons. The number of hydrogen-bond donors (Lipinski definition) is 3. The van der Waals surface area contributed by atoms with Gasteiger partial charge in [0.15, 0.2) is 0 Å². The molecule has 10 nitrogen and oxygen atoms in total. The van der Waals surface area contributed by atoms with Crippen molar-refractivity contribution in [3.05, 3.63) is 0 Å². The highest BCUT2D eigenvalue weighted by Crippen LogP contribution is 2.25. The zero-order valence-electron chi connectivity index (χ0n) is 47.1. The first kappa shape index (κ1) is 65.7. The van der Waals surface area contributed by atoms with Gasteiger partial charge in [-0.25, -0.2) is 0 Å². The van der Waals surface area contributed by atoms with Crippen molar-refractivity contribution in [2.45, 2.75) is 208 Å². The van der Waals surface area contributed by atoms with Crippen LogP contribution in [0.5, 0.6) is 0 Å². The normalized spacial score (nSPS) is 21.7. The van der Waals surface area contributed by atoms with Crippen LogP contribution in [0.15, 0.2) is 0 Å². The Bertz CT molecular complexity index is 1070. The first-order valence-corrected chi connectivity index (χ1v) is 25.9. The van der Waals surface area contributed by atoms with Crippen LogP contribution < -0.4 is 5.32 Å². The molecule has 3 fully saturated rings. The second-order valence-corrected chi connectivity index (χ2v) is 25.9. The summed E-state index contributed by atoms with van der Waals surface area (Å²) in [5, 5.41) is 20.9. The number of morpholine rings is 3. The zero-order chi connectivity index (χ0) is 49.8. The minimum atomic E-state index is 0.171. The molecule has 3 unspecified atom stereocenters. The minimum Gasteiger partial charge on any atom is -0.395 e. The predicted molar refractivity (Wildman–Crippen MR) is 279 cm³/mol. The van der Waals surface area contributed by atoms with Crippen molar-refractivity contribution < 1.29 is 24.4 Å². The maximum absolute atomic E-state index is 8.77. The smallest absolute Gasteiger partial charge is 0.0678 e. The van der Waals surface area contributed by atoms with Gasteiger partial charge in [-0.2, -0.15) is 0 Å². The molecule has 3 saturated heterocycles. The SMILES string of the molecule is CC(C)(C)CCN(CCO)CCO.CC(C)(C)CCN1CCOCC1(C)C.CC1CN(CCC(C)(C)C)CC(C)O1.CC1COCCN1CCC(C)(C)C.CCCNCCC(C)(C)C. The molecule has 3 aliphatic rings. The number of aliphatic hydroxyl groups is 2. The molecule has 3 atom stereocenters. The van der Waals surface area contributed by atoms with Gasteiger partial charge in [-0.3, -0.25) is 19.6 Å². The monoisotopic (exact) mass is 916 g/mol. The fourth-order valence-corrected chi connectivity index (χ4v) is 7.19. The maximum atomic E-state index is 8.77. The lowest BCUT2D eigenvalue weighted by atomic mass is 9.91. The molecule has 3 N–H and O–H groups in total. The van der Waals surface area contributed by atoms with E-state index in [9.17, 15) is 0 Å². The molecular weight excluding hydrogens is 799 g/mol. The van der Waals surface area contributed by atoms with E-state index in [-0.39, 0.29) is 18.8 Å². The Hall–Kier alpha value is -0.400. The molecule has 0 aliphatic carbocycles. The number of hydrogen-bond acceptors (Lipinski definition) is 10. The average molecular weight is 917 g/mol. The van der Waals surface area contributed by atoms with Gasteiger partial charge in [0.2, 0.25) is 0 Å². The fourth-order valence-electron chi connectivity index (χ4n) is 7.19. The number of rotatable bonds is 16. The van der Waals surface area contributed by atoms with Gasteiger partial charge in [0.05, 0.1) is 51.8 Å². The van der Waals surface area contributed by atoms with Crippen molar-refractivity contribution >= 4 is 0 Å². The summed E-state index contributed by atoms with van der Waals surface area (Å²) in [5.41, 5.74) is 2.38.